The molecule has 0 fully saturated rings. The highest BCUT2D eigenvalue weighted by Gasteiger charge is 2.15. The van der Waals surface area contributed by atoms with Crippen LogP contribution in [0.3, 0.4) is 0 Å². The van der Waals surface area contributed by atoms with Crippen LogP contribution in [0.5, 0.6) is 23.0 Å². The Morgan fingerprint density at radius 1 is 0.879 bits per heavy atom. The van der Waals surface area contributed by atoms with Crippen LogP contribution in [-0.4, -0.2) is 33.9 Å². The molecule has 0 atom stereocenters. The maximum atomic E-state index is 15.0. The molecule has 9 heteroatoms. The number of methoxy groups -OCH3 is 2. The number of halogens is 1. The van der Waals surface area contributed by atoms with Crippen molar-refractivity contribution in [3.8, 4) is 34.1 Å². The Morgan fingerprint density at radius 3 is 2.30 bits per heavy atom. The average molecular weight is 469 g/mol. The fourth-order valence-electron chi connectivity index (χ4n) is 3.43. The molecule has 0 unspecified atom stereocenters. The molecular weight excluding hydrogens is 447 g/mol. The fraction of sp³-hybridized carbons (Fsp3) is 0.125. The Kier molecular flexibility index (Phi) is 6.06. The van der Waals surface area contributed by atoms with E-state index in [1.807, 2.05) is 0 Å². The van der Waals surface area contributed by atoms with E-state index in [0.29, 0.717) is 45.0 Å². The Morgan fingerprint density at radius 2 is 1.61 bits per heavy atom. The number of benzene rings is 3. The van der Waals surface area contributed by atoms with Crippen molar-refractivity contribution in [1.82, 2.24) is 4.98 Å². The molecule has 0 spiro atoms. The van der Waals surface area contributed by atoms with Gasteiger partial charge in [-0.1, -0.05) is 24.3 Å². The monoisotopic (exact) mass is 468 g/mol. The second kappa shape index (κ2) is 8.95. The van der Waals surface area contributed by atoms with E-state index in [1.54, 1.807) is 54.7 Å². The van der Waals surface area contributed by atoms with E-state index in [9.17, 15) is 8.42 Å². The summed E-state index contributed by atoms with van der Waals surface area (Å²) in [4.78, 5) is 4.32. The van der Waals surface area contributed by atoms with Gasteiger partial charge in [-0.15, -0.1) is 0 Å². The molecule has 0 bridgehead atoms. The Hall–Kier alpha value is -3.85. The van der Waals surface area contributed by atoms with Gasteiger partial charge in [0.05, 0.1) is 31.7 Å². The molecule has 3 aromatic carbocycles. The zero-order valence-corrected chi connectivity index (χ0v) is 18.9. The zero-order valence-electron chi connectivity index (χ0n) is 18.1. The number of para-hydroxylation sites is 1. The lowest BCUT2D eigenvalue weighted by Gasteiger charge is -2.14. The summed E-state index contributed by atoms with van der Waals surface area (Å²) in [5.41, 5.74) is 1.99. The van der Waals surface area contributed by atoms with Crippen molar-refractivity contribution in [2.45, 2.75) is 0 Å². The number of aromatic nitrogens is 1. The molecule has 0 amide bonds. The first kappa shape index (κ1) is 22.3. The van der Waals surface area contributed by atoms with Crippen LogP contribution in [0.2, 0.25) is 0 Å². The first-order chi connectivity index (χ1) is 15.8. The lowest BCUT2D eigenvalue weighted by atomic mass is 10.0. The summed E-state index contributed by atoms with van der Waals surface area (Å²) >= 11 is 0. The Labute approximate surface area is 190 Å². The predicted octanol–water partition coefficient (Wildman–Crippen LogP) is 5.22. The number of pyridine rings is 1. The molecule has 0 aliphatic carbocycles. The summed E-state index contributed by atoms with van der Waals surface area (Å²) in [6.07, 6.45) is 2.62. The van der Waals surface area contributed by atoms with Gasteiger partial charge in [0.2, 0.25) is 10.0 Å². The number of ether oxygens (including phenoxy) is 3. The van der Waals surface area contributed by atoms with E-state index in [-0.39, 0.29) is 5.75 Å². The summed E-state index contributed by atoms with van der Waals surface area (Å²) < 4.78 is 57.4. The first-order valence-electron chi connectivity index (χ1n) is 9.84. The molecule has 170 valence electrons. The van der Waals surface area contributed by atoms with Gasteiger partial charge in [-0.3, -0.25) is 9.71 Å². The molecule has 4 aromatic rings. The van der Waals surface area contributed by atoms with Gasteiger partial charge in [-0.2, -0.15) is 0 Å². The number of sulfonamides is 1. The van der Waals surface area contributed by atoms with Crippen LogP contribution in [0.4, 0.5) is 10.1 Å². The van der Waals surface area contributed by atoms with Crippen molar-refractivity contribution < 1.29 is 27.0 Å². The third kappa shape index (κ3) is 4.83. The van der Waals surface area contributed by atoms with Crippen molar-refractivity contribution in [2.75, 3.05) is 25.2 Å². The van der Waals surface area contributed by atoms with Gasteiger partial charge < -0.3 is 14.2 Å². The zero-order chi connectivity index (χ0) is 23.6. The number of nitrogens with zero attached hydrogens (tertiary/aromatic N) is 1. The largest absolute Gasteiger partial charge is 0.493 e. The molecule has 0 aliphatic heterocycles. The molecule has 0 radical (unpaired) electrons. The number of hydrogen-bond acceptors (Lipinski definition) is 6. The van der Waals surface area contributed by atoms with Crippen LogP contribution < -0.4 is 18.9 Å². The minimum atomic E-state index is -3.49. The second-order valence-corrected chi connectivity index (χ2v) is 8.95. The van der Waals surface area contributed by atoms with Crippen LogP contribution >= 0.6 is 0 Å². The van der Waals surface area contributed by atoms with Crippen LogP contribution in [0.15, 0.2) is 66.9 Å². The SMILES string of the molecule is COc1cc2nccc(Oc3ccc(-c4ccccc4NS(C)(=O)=O)cc3F)c2cc1OC. The van der Waals surface area contributed by atoms with Crippen LogP contribution in [0.1, 0.15) is 0 Å². The van der Waals surface area contributed by atoms with Crippen molar-refractivity contribution in [3.05, 3.63) is 72.7 Å². The molecule has 0 aliphatic rings. The Balaban J connectivity index is 1.71. The first-order valence-corrected chi connectivity index (χ1v) is 11.7. The molecule has 4 rings (SSSR count). The lowest BCUT2D eigenvalue weighted by Crippen LogP contribution is -2.10. The fourth-order valence-corrected chi connectivity index (χ4v) is 4.01. The summed E-state index contributed by atoms with van der Waals surface area (Å²) in [6.45, 7) is 0. The van der Waals surface area contributed by atoms with Crippen molar-refractivity contribution in [2.24, 2.45) is 0 Å². The maximum Gasteiger partial charge on any atom is 0.229 e. The van der Waals surface area contributed by atoms with Gasteiger partial charge in [0.25, 0.3) is 0 Å². The van der Waals surface area contributed by atoms with Gasteiger partial charge in [-0.05, 0) is 35.9 Å². The van der Waals surface area contributed by atoms with Gasteiger partial charge in [0.15, 0.2) is 23.1 Å². The minimum Gasteiger partial charge on any atom is -0.493 e. The highest BCUT2D eigenvalue weighted by atomic mass is 32.2. The quantitative estimate of drug-likeness (QED) is 0.400. The van der Waals surface area contributed by atoms with E-state index in [1.165, 1.54) is 26.4 Å². The molecule has 1 N–H and O–H groups in total. The van der Waals surface area contributed by atoms with Crippen molar-refractivity contribution in [3.63, 3.8) is 0 Å². The standard InChI is InChI=1S/C24H21FN2O5S/c1-30-23-13-17-20(14-24(23)31-2)26-11-10-21(17)32-22-9-8-15(12-18(22)25)16-6-4-5-7-19(16)27-33(3,28)29/h4-14,27H,1-3H3. The minimum absolute atomic E-state index is 0.00888. The van der Waals surface area contributed by atoms with Gasteiger partial charge in [0.1, 0.15) is 5.75 Å². The highest BCUT2D eigenvalue weighted by Crippen LogP contribution is 2.38. The van der Waals surface area contributed by atoms with E-state index in [4.69, 9.17) is 14.2 Å². The number of nitrogens with one attached hydrogen (secondary N) is 1. The number of hydrogen-bond donors (Lipinski definition) is 1. The molecule has 1 aromatic heterocycles. The van der Waals surface area contributed by atoms with Gasteiger partial charge >= 0.3 is 0 Å². The van der Waals surface area contributed by atoms with Crippen LogP contribution in [0, 0.1) is 5.82 Å². The third-order valence-electron chi connectivity index (χ3n) is 4.89. The van der Waals surface area contributed by atoms with E-state index in [0.717, 1.165) is 6.26 Å². The third-order valence-corrected chi connectivity index (χ3v) is 5.48. The molecule has 0 saturated carbocycles. The number of fused-ring (bicyclic) bond motifs is 1. The lowest BCUT2D eigenvalue weighted by molar-refractivity contribution is 0.355. The van der Waals surface area contributed by atoms with Crippen LogP contribution in [0.25, 0.3) is 22.0 Å². The second-order valence-electron chi connectivity index (χ2n) is 7.20. The van der Waals surface area contributed by atoms with E-state index < -0.39 is 15.8 Å². The number of anilines is 1. The van der Waals surface area contributed by atoms with E-state index in [2.05, 4.69) is 9.71 Å². The highest BCUT2D eigenvalue weighted by molar-refractivity contribution is 7.92. The molecule has 0 saturated heterocycles. The average Bonchev–Trinajstić information content (AvgIpc) is 2.79. The summed E-state index contributed by atoms with van der Waals surface area (Å²) in [6, 6.07) is 16.3. The Bertz CT molecular complexity index is 1440. The molecule has 33 heavy (non-hydrogen) atoms. The predicted molar refractivity (Wildman–Crippen MR) is 125 cm³/mol. The maximum absolute atomic E-state index is 15.0. The van der Waals surface area contributed by atoms with Crippen molar-refractivity contribution >= 4 is 26.6 Å². The topological polar surface area (TPSA) is 86.8 Å². The molecule has 1 heterocycles. The molecular formula is C24H21FN2O5S. The smallest absolute Gasteiger partial charge is 0.229 e. The summed E-state index contributed by atoms with van der Waals surface area (Å²) in [7, 11) is -0.436. The van der Waals surface area contributed by atoms with Gasteiger partial charge in [-0.25, -0.2) is 12.8 Å². The van der Waals surface area contributed by atoms with Gasteiger partial charge in [0, 0.05) is 23.2 Å². The normalized spacial score (nSPS) is 11.3. The summed E-state index contributed by atoms with van der Waals surface area (Å²) in [5, 5.41) is 0.626. The van der Waals surface area contributed by atoms with E-state index >= 15 is 4.39 Å². The molecule has 7 nitrogen and oxygen atoms in total. The van der Waals surface area contributed by atoms with Crippen LogP contribution in [-0.2, 0) is 10.0 Å². The number of rotatable bonds is 7. The van der Waals surface area contributed by atoms with Crippen molar-refractivity contribution in [1.29, 1.82) is 0 Å². The summed E-state index contributed by atoms with van der Waals surface area (Å²) in [5.74, 6) is 0.814.